The molecule has 0 heterocycles. The summed E-state index contributed by atoms with van der Waals surface area (Å²) < 4.78 is 0. The molecule has 7 nitrogen and oxygen atoms in total. The van der Waals surface area contributed by atoms with Gasteiger partial charge in [-0.25, -0.2) is 0 Å². The average Bonchev–Trinajstić information content (AvgIpc) is 2.45. The predicted octanol–water partition coefficient (Wildman–Crippen LogP) is 1.77. The Bertz CT molecular complexity index is 574. The van der Waals surface area contributed by atoms with Crippen LogP contribution >= 0.6 is 0 Å². The molecule has 7 heteroatoms. The fourth-order valence-corrected chi connectivity index (χ4v) is 2.16. The van der Waals surface area contributed by atoms with Crippen molar-refractivity contribution in [2.75, 3.05) is 23.7 Å². The molecule has 0 fully saturated rings. The van der Waals surface area contributed by atoms with Crippen LogP contribution in [0.5, 0.6) is 0 Å². The molecule has 23 heavy (non-hydrogen) atoms. The monoisotopic (exact) mass is 321 g/mol. The molecular weight excluding hydrogens is 298 g/mol. The van der Waals surface area contributed by atoms with Crippen molar-refractivity contribution in [3.8, 4) is 0 Å². The third-order valence-electron chi connectivity index (χ3n) is 3.23. The van der Waals surface area contributed by atoms with E-state index in [1.54, 1.807) is 36.1 Å². The number of rotatable bonds is 8. The van der Waals surface area contributed by atoms with Gasteiger partial charge < -0.3 is 15.7 Å². The van der Waals surface area contributed by atoms with Gasteiger partial charge in [0.05, 0.1) is 12.6 Å². The number of amides is 2. The van der Waals surface area contributed by atoms with Crippen LogP contribution < -0.4 is 10.6 Å². The summed E-state index contributed by atoms with van der Waals surface area (Å²) in [4.78, 5) is 35.9. The number of aliphatic carboxylic acids is 1. The number of carbonyl (C=O) groups is 3. The number of carbonyl (C=O) groups excluding carboxylic acids is 2. The Labute approximate surface area is 135 Å². The topological polar surface area (TPSA) is 98.7 Å². The highest BCUT2D eigenvalue weighted by Crippen LogP contribution is 2.16. The second kappa shape index (κ2) is 8.89. The molecule has 0 aliphatic heterocycles. The van der Waals surface area contributed by atoms with Crippen LogP contribution in [0.15, 0.2) is 24.3 Å². The second-order valence-corrected chi connectivity index (χ2v) is 5.29. The Morgan fingerprint density at radius 3 is 2.35 bits per heavy atom. The number of nitrogens with one attached hydrogen (secondary N) is 2. The van der Waals surface area contributed by atoms with E-state index in [2.05, 4.69) is 10.6 Å². The molecule has 0 aliphatic carbocycles. The lowest BCUT2D eigenvalue weighted by Crippen LogP contribution is -2.44. The summed E-state index contributed by atoms with van der Waals surface area (Å²) in [6.45, 7) is 5.34. The smallest absolute Gasteiger partial charge is 0.317 e. The van der Waals surface area contributed by atoms with Crippen LogP contribution in [0.3, 0.4) is 0 Å². The van der Waals surface area contributed by atoms with E-state index in [9.17, 15) is 14.4 Å². The van der Waals surface area contributed by atoms with Crippen LogP contribution in [0.4, 0.5) is 11.4 Å². The van der Waals surface area contributed by atoms with E-state index in [4.69, 9.17) is 5.11 Å². The zero-order valence-corrected chi connectivity index (χ0v) is 13.6. The van der Waals surface area contributed by atoms with Gasteiger partial charge in [0.2, 0.25) is 11.8 Å². The normalized spacial score (nSPS) is 11.8. The molecular formula is C16H23N3O4. The van der Waals surface area contributed by atoms with Gasteiger partial charge in [0.15, 0.2) is 0 Å². The van der Waals surface area contributed by atoms with Crippen molar-refractivity contribution in [2.24, 2.45) is 0 Å². The highest BCUT2D eigenvalue weighted by Gasteiger charge is 2.22. The first kappa shape index (κ1) is 18.6. The van der Waals surface area contributed by atoms with Crippen molar-refractivity contribution >= 4 is 29.2 Å². The van der Waals surface area contributed by atoms with Crippen molar-refractivity contribution in [1.29, 1.82) is 0 Å². The largest absolute Gasteiger partial charge is 0.480 e. The Kier molecular flexibility index (Phi) is 7.21. The van der Waals surface area contributed by atoms with Crippen molar-refractivity contribution in [3.05, 3.63) is 24.3 Å². The van der Waals surface area contributed by atoms with Crippen LogP contribution in [0.2, 0.25) is 0 Å². The summed E-state index contributed by atoms with van der Waals surface area (Å²) in [5.74, 6) is -1.46. The average molecular weight is 321 g/mol. The van der Waals surface area contributed by atoms with Gasteiger partial charge in [0, 0.05) is 18.3 Å². The van der Waals surface area contributed by atoms with E-state index in [1.165, 1.54) is 6.92 Å². The van der Waals surface area contributed by atoms with E-state index in [0.29, 0.717) is 17.9 Å². The van der Waals surface area contributed by atoms with Crippen molar-refractivity contribution in [3.63, 3.8) is 0 Å². The summed E-state index contributed by atoms with van der Waals surface area (Å²) in [6, 6.07) is 6.21. The number of carboxylic acid groups (broad SMARTS) is 1. The molecule has 1 unspecified atom stereocenters. The van der Waals surface area contributed by atoms with Crippen LogP contribution in [0, 0.1) is 0 Å². The van der Waals surface area contributed by atoms with Gasteiger partial charge in [-0.15, -0.1) is 0 Å². The lowest BCUT2D eigenvalue weighted by atomic mass is 10.2. The Balaban J connectivity index is 2.76. The molecule has 126 valence electrons. The summed E-state index contributed by atoms with van der Waals surface area (Å²) in [5.41, 5.74) is 1.12. The van der Waals surface area contributed by atoms with Gasteiger partial charge in [-0.05, 0) is 38.1 Å². The quantitative estimate of drug-likeness (QED) is 0.678. The summed E-state index contributed by atoms with van der Waals surface area (Å²) in [6.07, 6.45) is 0.753. The third kappa shape index (κ3) is 6.48. The van der Waals surface area contributed by atoms with Gasteiger partial charge in [-0.1, -0.05) is 13.0 Å². The van der Waals surface area contributed by atoms with E-state index < -0.39 is 12.0 Å². The first-order valence-corrected chi connectivity index (χ1v) is 7.47. The van der Waals surface area contributed by atoms with Crippen LogP contribution in [0.25, 0.3) is 0 Å². The van der Waals surface area contributed by atoms with Crippen LogP contribution in [0.1, 0.15) is 27.2 Å². The minimum atomic E-state index is -0.967. The minimum Gasteiger partial charge on any atom is -0.480 e. The van der Waals surface area contributed by atoms with Crippen molar-refractivity contribution in [2.45, 2.75) is 33.2 Å². The molecule has 1 aromatic carbocycles. The number of benzene rings is 1. The molecule has 0 bridgehead atoms. The van der Waals surface area contributed by atoms with Gasteiger partial charge in [-0.3, -0.25) is 19.3 Å². The standard InChI is InChI=1S/C16H23N3O4/c1-4-8-19(10-15(21)22)11(2)16(23)18-14-7-5-6-13(9-14)17-12(3)20/h5-7,9,11H,4,8,10H2,1-3H3,(H,17,20)(H,18,23)(H,21,22). The van der Waals surface area contributed by atoms with Gasteiger partial charge >= 0.3 is 5.97 Å². The van der Waals surface area contributed by atoms with Crippen LogP contribution in [-0.4, -0.2) is 46.9 Å². The molecule has 3 N–H and O–H groups in total. The zero-order chi connectivity index (χ0) is 17.4. The predicted molar refractivity (Wildman–Crippen MR) is 88.3 cm³/mol. The maximum atomic E-state index is 12.3. The maximum Gasteiger partial charge on any atom is 0.317 e. The molecule has 0 radical (unpaired) electrons. The fourth-order valence-electron chi connectivity index (χ4n) is 2.16. The molecule has 1 rings (SSSR count). The lowest BCUT2D eigenvalue weighted by Gasteiger charge is -2.26. The molecule has 0 aromatic heterocycles. The first-order valence-electron chi connectivity index (χ1n) is 7.47. The first-order chi connectivity index (χ1) is 10.8. The highest BCUT2D eigenvalue weighted by molar-refractivity contribution is 5.96. The molecule has 0 spiro atoms. The number of nitrogens with zero attached hydrogens (tertiary/aromatic N) is 1. The Morgan fingerprint density at radius 2 is 1.83 bits per heavy atom. The molecule has 0 aliphatic rings. The summed E-state index contributed by atoms with van der Waals surface area (Å²) in [5, 5.41) is 14.3. The number of hydrogen-bond acceptors (Lipinski definition) is 4. The van der Waals surface area contributed by atoms with Gasteiger partial charge in [-0.2, -0.15) is 0 Å². The number of hydrogen-bond donors (Lipinski definition) is 3. The number of anilines is 2. The second-order valence-electron chi connectivity index (χ2n) is 5.29. The zero-order valence-electron chi connectivity index (χ0n) is 13.6. The minimum absolute atomic E-state index is 0.186. The SMILES string of the molecule is CCCN(CC(=O)O)C(C)C(=O)Nc1cccc(NC(C)=O)c1. The van der Waals surface area contributed by atoms with E-state index in [0.717, 1.165) is 6.42 Å². The third-order valence-corrected chi connectivity index (χ3v) is 3.23. The highest BCUT2D eigenvalue weighted by atomic mass is 16.4. The number of carboxylic acids is 1. The molecule has 0 saturated heterocycles. The van der Waals surface area contributed by atoms with Crippen LogP contribution in [-0.2, 0) is 14.4 Å². The van der Waals surface area contributed by atoms with E-state index in [1.807, 2.05) is 6.92 Å². The maximum absolute atomic E-state index is 12.3. The van der Waals surface area contributed by atoms with Crippen molar-refractivity contribution in [1.82, 2.24) is 4.90 Å². The van der Waals surface area contributed by atoms with Crippen molar-refractivity contribution < 1.29 is 19.5 Å². The van der Waals surface area contributed by atoms with E-state index in [-0.39, 0.29) is 18.4 Å². The Morgan fingerprint density at radius 1 is 1.22 bits per heavy atom. The Hall–Kier alpha value is -2.41. The summed E-state index contributed by atoms with van der Waals surface area (Å²) >= 11 is 0. The van der Waals surface area contributed by atoms with E-state index >= 15 is 0 Å². The van der Waals surface area contributed by atoms with Gasteiger partial charge in [0.25, 0.3) is 0 Å². The molecule has 0 saturated carbocycles. The fraction of sp³-hybridized carbons (Fsp3) is 0.438. The molecule has 1 atom stereocenters. The summed E-state index contributed by atoms with van der Waals surface area (Å²) in [7, 11) is 0. The van der Waals surface area contributed by atoms with Gasteiger partial charge in [0.1, 0.15) is 0 Å². The molecule has 1 aromatic rings. The molecule has 2 amide bonds. The lowest BCUT2D eigenvalue weighted by molar-refractivity contribution is -0.139.